The Labute approximate surface area is 123 Å². The lowest BCUT2D eigenvalue weighted by molar-refractivity contribution is 0.419. The molecule has 0 amide bonds. The van der Waals surface area contributed by atoms with Gasteiger partial charge in [-0.05, 0) is 35.6 Å². The first kappa shape index (κ1) is 12.5. The lowest BCUT2D eigenvalue weighted by Crippen LogP contribution is -2.15. The molecule has 3 heteroatoms. The average Bonchev–Trinajstić information content (AvgIpc) is 2.92. The number of hydrogen-bond acceptors (Lipinski definition) is 2. The van der Waals surface area contributed by atoms with Crippen LogP contribution >= 0.6 is 0 Å². The van der Waals surface area contributed by atoms with Gasteiger partial charge in [-0.3, -0.25) is 0 Å². The molecule has 4 rings (SSSR count). The van der Waals surface area contributed by atoms with Gasteiger partial charge in [0, 0.05) is 17.1 Å². The van der Waals surface area contributed by atoms with E-state index in [0.29, 0.717) is 0 Å². The number of rotatable bonds is 2. The van der Waals surface area contributed by atoms with Gasteiger partial charge in [-0.15, -0.1) is 0 Å². The quantitative estimate of drug-likeness (QED) is 0.749. The van der Waals surface area contributed by atoms with Gasteiger partial charge in [0.1, 0.15) is 5.75 Å². The van der Waals surface area contributed by atoms with Gasteiger partial charge in [-0.25, -0.2) is 0 Å². The van der Waals surface area contributed by atoms with E-state index < -0.39 is 0 Å². The second-order valence-electron chi connectivity index (χ2n) is 5.60. The van der Waals surface area contributed by atoms with Crippen molar-refractivity contribution in [2.75, 3.05) is 7.11 Å². The van der Waals surface area contributed by atoms with Crippen molar-refractivity contribution in [1.82, 2.24) is 4.98 Å². The second kappa shape index (κ2) is 4.64. The molecular weight excluding hydrogens is 260 g/mol. The average molecular weight is 278 g/mol. The Bertz CT molecular complexity index is 805. The van der Waals surface area contributed by atoms with Crippen molar-refractivity contribution in [1.29, 1.82) is 0 Å². The minimum absolute atomic E-state index is 0.116. The van der Waals surface area contributed by atoms with Crippen molar-refractivity contribution in [3.63, 3.8) is 0 Å². The Morgan fingerprint density at radius 3 is 2.71 bits per heavy atom. The summed E-state index contributed by atoms with van der Waals surface area (Å²) >= 11 is 0. The topological polar surface area (TPSA) is 51.0 Å². The van der Waals surface area contributed by atoms with Gasteiger partial charge >= 0.3 is 0 Å². The van der Waals surface area contributed by atoms with E-state index in [1.807, 2.05) is 12.1 Å². The molecule has 0 bridgehead atoms. The fraction of sp³-hybridized carbons (Fsp3) is 0.222. The third kappa shape index (κ3) is 1.78. The zero-order chi connectivity index (χ0) is 14.4. The number of nitrogens with one attached hydrogen (secondary N) is 1. The molecule has 1 aliphatic rings. The third-order valence-electron chi connectivity index (χ3n) is 4.44. The first-order valence-electron chi connectivity index (χ1n) is 7.32. The summed E-state index contributed by atoms with van der Waals surface area (Å²) in [5, 5.41) is 1.26. The minimum Gasteiger partial charge on any atom is -0.495 e. The molecule has 2 aromatic carbocycles. The lowest BCUT2D eigenvalue weighted by Gasteiger charge is -2.20. The standard InChI is InChI=1S/C18H18N2O/c1-21-15-10-8-12-14(19)9-7-13-16(12)18(15)20-17(13)11-5-3-2-4-6-11/h2-6,8,10,14,20H,7,9,19H2,1H3. The van der Waals surface area contributed by atoms with Crippen LogP contribution in [0.2, 0.25) is 0 Å². The van der Waals surface area contributed by atoms with Crippen molar-refractivity contribution >= 4 is 10.9 Å². The Morgan fingerprint density at radius 1 is 1.14 bits per heavy atom. The highest BCUT2D eigenvalue weighted by atomic mass is 16.5. The van der Waals surface area contributed by atoms with Crippen LogP contribution in [-0.2, 0) is 6.42 Å². The van der Waals surface area contributed by atoms with Crippen molar-refractivity contribution < 1.29 is 4.74 Å². The first-order chi connectivity index (χ1) is 10.3. The molecule has 1 aliphatic carbocycles. The molecule has 3 aromatic rings. The summed E-state index contributed by atoms with van der Waals surface area (Å²) in [6.07, 6.45) is 2.00. The molecule has 1 aromatic heterocycles. The molecule has 0 radical (unpaired) electrons. The number of benzene rings is 2. The number of hydrogen-bond donors (Lipinski definition) is 2. The monoisotopic (exact) mass is 278 g/mol. The van der Waals surface area contributed by atoms with Gasteiger partial charge in [0.25, 0.3) is 0 Å². The highest BCUT2D eigenvalue weighted by molar-refractivity contribution is 5.97. The van der Waals surface area contributed by atoms with Gasteiger partial charge in [-0.1, -0.05) is 36.4 Å². The van der Waals surface area contributed by atoms with Crippen molar-refractivity contribution in [3.8, 4) is 17.0 Å². The van der Waals surface area contributed by atoms with E-state index in [0.717, 1.165) is 24.1 Å². The normalized spacial score (nSPS) is 17.1. The summed E-state index contributed by atoms with van der Waals surface area (Å²) in [6.45, 7) is 0. The molecular formula is C18H18N2O. The number of aryl methyl sites for hydroxylation is 1. The van der Waals surface area contributed by atoms with Crippen LogP contribution in [0.4, 0.5) is 0 Å². The van der Waals surface area contributed by atoms with Crippen LogP contribution in [0.15, 0.2) is 42.5 Å². The molecule has 1 atom stereocenters. The molecule has 0 aliphatic heterocycles. The van der Waals surface area contributed by atoms with Crippen LogP contribution in [0.1, 0.15) is 23.6 Å². The van der Waals surface area contributed by atoms with Gasteiger partial charge in [0.05, 0.1) is 12.6 Å². The molecule has 1 unspecified atom stereocenters. The van der Waals surface area contributed by atoms with Crippen molar-refractivity contribution in [2.45, 2.75) is 18.9 Å². The van der Waals surface area contributed by atoms with Crippen LogP contribution in [0.3, 0.4) is 0 Å². The first-order valence-corrected chi connectivity index (χ1v) is 7.32. The molecule has 1 heterocycles. The fourth-order valence-electron chi connectivity index (χ4n) is 3.41. The summed E-state index contributed by atoms with van der Waals surface area (Å²) in [5.74, 6) is 0.881. The van der Waals surface area contributed by atoms with E-state index >= 15 is 0 Å². The van der Waals surface area contributed by atoms with Crippen molar-refractivity contribution in [2.24, 2.45) is 5.73 Å². The summed E-state index contributed by atoms with van der Waals surface area (Å²) in [6, 6.07) is 14.7. The number of ether oxygens (including phenoxy) is 1. The summed E-state index contributed by atoms with van der Waals surface area (Å²) in [5.41, 5.74) is 12.4. The number of H-pyrrole nitrogens is 1. The van der Waals surface area contributed by atoms with Gasteiger partial charge in [-0.2, -0.15) is 0 Å². The molecule has 0 fully saturated rings. The maximum absolute atomic E-state index is 6.29. The Kier molecular flexibility index (Phi) is 2.76. The lowest BCUT2D eigenvalue weighted by atomic mass is 9.87. The molecule has 0 spiro atoms. The zero-order valence-corrected chi connectivity index (χ0v) is 12.0. The van der Waals surface area contributed by atoms with Crippen LogP contribution in [0.5, 0.6) is 5.75 Å². The molecule has 0 saturated heterocycles. The number of nitrogens with two attached hydrogens (primary N) is 1. The van der Waals surface area contributed by atoms with Crippen LogP contribution < -0.4 is 10.5 Å². The maximum atomic E-state index is 6.29. The van der Waals surface area contributed by atoms with Gasteiger partial charge in [0.2, 0.25) is 0 Å². The molecule has 3 nitrogen and oxygen atoms in total. The molecule has 21 heavy (non-hydrogen) atoms. The number of aromatic nitrogens is 1. The van der Waals surface area contributed by atoms with E-state index in [4.69, 9.17) is 10.5 Å². The highest BCUT2D eigenvalue weighted by Gasteiger charge is 2.25. The highest BCUT2D eigenvalue weighted by Crippen LogP contribution is 2.42. The molecule has 3 N–H and O–H groups in total. The minimum atomic E-state index is 0.116. The summed E-state index contributed by atoms with van der Waals surface area (Å²) in [7, 11) is 1.71. The predicted molar refractivity (Wildman–Crippen MR) is 85.5 cm³/mol. The van der Waals surface area contributed by atoms with Gasteiger partial charge in [0.15, 0.2) is 0 Å². The van der Waals surface area contributed by atoms with Crippen LogP contribution in [0.25, 0.3) is 22.2 Å². The largest absolute Gasteiger partial charge is 0.495 e. The van der Waals surface area contributed by atoms with Crippen LogP contribution in [0, 0.1) is 0 Å². The predicted octanol–water partition coefficient (Wildman–Crippen LogP) is 3.79. The molecule has 0 saturated carbocycles. The van der Waals surface area contributed by atoms with E-state index in [-0.39, 0.29) is 6.04 Å². The Balaban J connectivity index is 2.07. The second-order valence-corrected chi connectivity index (χ2v) is 5.60. The number of aromatic amines is 1. The molecule has 106 valence electrons. The van der Waals surface area contributed by atoms with E-state index in [1.165, 1.54) is 27.8 Å². The van der Waals surface area contributed by atoms with E-state index in [1.54, 1.807) is 7.11 Å². The fourth-order valence-corrected chi connectivity index (χ4v) is 3.41. The third-order valence-corrected chi connectivity index (χ3v) is 4.44. The number of methoxy groups -OCH3 is 1. The smallest absolute Gasteiger partial charge is 0.142 e. The SMILES string of the molecule is COc1ccc2c3c(c(-c4ccccc4)[nH]c13)CCC2N. The van der Waals surface area contributed by atoms with Crippen molar-refractivity contribution in [3.05, 3.63) is 53.6 Å². The summed E-state index contributed by atoms with van der Waals surface area (Å²) < 4.78 is 5.52. The van der Waals surface area contributed by atoms with Crippen LogP contribution in [-0.4, -0.2) is 12.1 Å². The Hall–Kier alpha value is -2.26. The Morgan fingerprint density at radius 2 is 1.95 bits per heavy atom. The van der Waals surface area contributed by atoms with Gasteiger partial charge < -0.3 is 15.5 Å². The maximum Gasteiger partial charge on any atom is 0.142 e. The zero-order valence-electron chi connectivity index (χ0n) is 12.0. The summed E-state index contributed by atoms with van der Waals surface area (Å²) in [4.78, 5) is 3.57. The van der Waals surface area contributed by atoms with E-state index in [2.05, 4.69) is 35.3 Å². The van der Waals surface area contributed by atoms with E-state index in [9.17, 15) is 0 Å².